The van der Waals surface area contributed by atoms with Crippen LogP contribution < -0.4 is 16.8 Å². The Morgan fingerprint density at radius 2 is 1.55 bits per heavy atom. The van der Waals surface area contributed by atoms with Crippen LogP contribution >= 0.6 is 23.2 Å². The Kier molecular flexibility index (Phi) is 7.67. The first kappa shape index (κ1) is 22.7. The van der Waals surface area contributed by atoms with E-state index in [0.717, 1.165) is 4.31 Å². The van der Waals surface area contributed by atoms with Crippen LogP contribution in [-0.2, 0) is 19.6 Å². The average molecular weight is 462 g/mol. The first-order valence-electron chi connectivity index (χ1n) is 8.09. The van der Waals surface area contributed by atoms with Crippen molar-refractivity contribution in [1.82, 2.24) is 19.3 Å². The van der Waals surface area contributed by atoms with E-state index in [1.54, 1.807) is 6.07 Å². The Morgan fingerprint density at radius 3 is 2.07 bits per heavy atom. The monoisotopic (exact) mass is 461 g/mol. The molecule has 0 fully saturated rings. The molecule has 1 heterocycles. The largest absolute Gasteiger partial charge is 0.370 e. The van der Waals surface area contributed by atoms with Gasteiger partial charge >= 0.3 is 0 Å². The molecule has 1 aromatic heterocycles. The molecule has 0 saturated carbocycles. The number of hydrogen-bond donors (Lipinski definition) is 3. The molecule has 14 heteroatoms. The van der Waals surface area contributed by atoms with Gasteiger partial charge in [-0.1, -0.05) is 6.07 Å². The summed E-state index contributed by atoms with van der Waals surface area (Å²) >= 11 is 11.4. The Hall–Kier alpha value is -2.54. The van der Waals surface area contributed by atoms with E-state index < -0.39 is 21.8 Å². The molecule has 1 aromatic carbocycles. The van der Waals surface area contributed by atoms with Crippen LogP contribution in [0.1, 0.15) is 12.8 Å². The van der Waals surface area contributed by atoms with Crippen molar-refractivity contribution in [2.75, 3.05) is 18.4 Å². The molecule has 5 N–H and O–H groups in total. The van der Waals surface area contributed by atoms with Gasteiger partial charge in [-0.15, -0.1) is 0 Å². The van der Waals surface area contributed by atoms with E-state index in [-0.39, 0.29) is 47.3 Å². The quantitative estimate of drug-likeness (QED) is 0.462. The number of nitrogens with zero attached hydrogens (tertiary/aromatic N) is 4. The van der Waals surface area contributed by atoms with Gasteiger partial charge in [0.25, 0.3) is 0 Å². The van der Waals surface area contributed by atoms with E-state index in [4.69, 9.17) is 34.7 Å². The van der Waals surface area contributed by atoms with Crippen molar-refractivity contribution in [2.45, 2.75) is 17.7 Å². The number of sulfonamides is 1. The molecule has 0 spiro atoms. The second-order valence-electron chi connectivity index (χ2n) is 5.69. The summed E-state index contributed by atoms with van der Waals surface area (Å²) in [4.78, 5) is 33.4. The van der Waals surface area contributed by atoms with Gasteiger partial charge in [0.05, 0.1) is 4.90 Å². The lowest BCUT2D eigenvalue weighted by Crippen LogP contribution is -2.36. The topological polar surface area (TPSA) is 174 Å². The molecule has 0 atom stereocenters. The third-order valence-corrected chi connectivity index (χ3v) is 5.76. The number of hydrogen-bond acceptors (Lipinski definition) is 8. The van der Waals surface area contributed by atoms with Crippen LogP contribution in [0.2, 0.25) is 10.6 Å². The minimum Gasteiger partial charge on any atom is -0.370 e. The Balaban J connectivity index is 2.30. The van der Waals surface area contributed by atoms with Gasteiger partial charge in [0, 0.05) is 31.6 Å². The first-order chi connectivity index (χ1) is 13.6. The summed E-state index contributed by atoms with van der Waals surface area (Å²) < 4.78 is 26.9. The standard InChI is InChI=1S/C15H17Cl2N7O4S/c16-13-21-14(17)23-15(22-13)20-9-2-1-3-10(8-9)29(27,28)24(6-4-11(18)25)7-5-12(19)26/h1-3,8H,4-7H2,(H2,18,25)(H2,19,26)(H,20,21,22,23). The summed E-state index contributed by atoms with van der Waals surface area (Å²) in [5.41, 5.74) is 10.5. The van der Waals surface area contributed by atoms with Crippen molar-refractivity contribution in [3.63, 3.8) is 0 Å². The van der Waals surface area contributed by atoms with Gasteiger partial charge in [0.2, 0.25) is 38.4 Å². The lowest BCUT2D eigenvalue weighted by atomic mass is 10.3. The van der Waals surface area contributed by atoms with E-state index in [9.17, 15) is 18.0 Å². The molecule has 0 unspecified atom stereocenters. The minimum atomic E-state index is -4.05. The molecule has 2 rings (SSSR count). The van der Waals surface area contributed by atoms with Gasteiger partial charge in [-0.2, -0.15) is 19.3 Å². The number of carbonyl (C=O) groups excluding carboxylic acids is 2. The van der Waals surface area contributed by atoms with E-state index >= 15 is 0 Å². The molecule has 0 aliphatic carbocycles. The number of nitrogens with one attached hydrogen (secondary N) is 1. The number of aromatic nitrogens is 3. The van der Waals surface area contributed by atoms with E-state index in [1.807, 2.05) is 0 Å². The maximum Gasteiger partial charge on any atom is 0.243 e. The zero-order valence-electron chi connectivity index (χ0n) is 14.9. The highest BCUT2D eigenvalue weighted by Crippen LogP contribution is 2.22. The molecule has 0 aliphatic rings. The summed E-state index contributed by atoms with van der Waals surface area (Å²) in [5.74, 6) is -1.34. The molecular formula is C15H17Cl2N7O4S. The molecule has 0 aliphatic heterocycles. The molecule has 0 bridgehead atoms. The zero-order chi connectivity index (χ0) is 21.6. The van der Waals surface area contributed by atoms with Crippen LogP contribution in [0.15, 0.2) is 29.2 Å². The molecule has 0 radical (unpaired) electrons. The fourth-order valence-electron chi connectivity index (χ4n) is 2.22. The fourth-order valence-corrected chi connectivity index (χ4v) is 4.07. The van der Waals surface area contributed by atoms with Crippen LogP contribution in [0, 0.1) is 0 Å². The van der Waals surface area contributed by atoms with Gasteiger partial charge in [0.1, 0.15) is 0 Å². The molecule has 11 nitrogen and oxygen atoms in total. The Labute approximate surface area is 176 Å². The van der Waals surface area contributed by atoms with Gasteiger partial charge in [-0.05, 0) is 41.4 Å². The molecule has 0 saturated heterocycles. The number of carbonyl (C=O) groups is 2. The van der Waals surface area contributed by atoms with Crippen LogP contribution in [0.4, 0.5) is 11.6 Å². The molecular weight excluding hydrogens is 445 g/mol. The highest BCUT2D eigenvalue weighted by molar-refractivity contribution is 7.89. The van der Waals surface area contributed by atoms with Crippen molar-refractivity contribution < 1.29 is 18.0 Å². The number of anilines is 2. The average Bonchev–Trinajstić information content (AvgIpc) is 2.60. The van der Waals surface area contributed by atoms with E-state index in [1.165, 1.54) is 18.2 Å². The summed E-state index contributed by atoms with van der Waals surface area (Å²) in [6.45, 7) is -0.386. The third-order valence-electron chi connectivity index (χ3n) is 3.52. The maximum absolute atomic E-state index is 13.0. The molecule has 2 amide bonds. The van der Waals surface area contributed by atoms with Crippen molar-refractivity contribution in [2.24, 2.45) is 11.5 Å². The minimum absolute atomic E-state index is 0.0175. The fraction of sp³-hybridized carbons (Fsp3) is 0.267. The summed E-state index contributed by atoms with van der Waals surface area (Å²) in [5, 5.41) is 2.50. The van der Waals surface area contributed by atoms with Gasteiger partial charge in [0.15, 0.2) is 0 Å². The van der Waals surface area contributed by atoms with Crippen molar-refractivity contribution >= 4 is 56.7 Å². The smallest absolute Gasteiger partial charge is 0.243 e. The number of rotatable bonds is 10. The number of amides is 2. The number of benzene rings is 1. The zero-order valence-corrected chi connectivity index (χ0v) is 17.2. The summed E-state index contributed by atoms with van der Waals surface area (Å²) in [6, 6.07) is 5.74. The van der Waals surface area contributed by atoms with Crippen LogP contribution in [0.25, 0.3) is 0 Å². The number of primary amides is 2. The highest BCUT2D eigenvalue weighted by Gasteiger charge is 2.25. The maximum atomic E-state index is 13.0. The summed E-state index contributed by atoms with van der Waals surface area (Å²) in [7, 11) is -4.05. The normalized spacial score (nSPS) is 11.4. The Bertz CT molecular complexity index is 981. The molecule has 156 valence electrons. The highest BCUT2D eigenvalue weighted by atomic mass is 35.5. The van der Waals surface area contributed by atoms with Gasteiger partial charge in [-0.3, -0.25) is 9.59 Å². The summed E-state index contributed by atoms with van der Waals surface area (Å²) in [6.07, 6.45) is -0.421. The van der Waals surface area contributed by atoms with Gasteiger partial charge in [-0.25, -0.2) is 8.42 Å². The molecule has 2 aromatic rings. The van der Waals surface area contributed by atoms with Crippen molar-refractivity contribution in [3.05, 3.63) is 34.8 Å². The predicted molar refractivity (Wildman–Crippen MR) is 106 cm³/mol. The first-order valence-corrected chi connectivity index (χ1v) is 10.3. The van der Waals surface area contributed by atoms with Crippen molar-refractivity contribution in [3.8, 4) is 0 Å². The molecule has 29 heavy (non-hydrogen) atoms. The Morgan fingerprint density at radius 1 is 1.00 bits per heavy atom. The van der Waals surface area contributed by atoms with Gasteiger partial charge < -0.3 is 16.8 Å². The SMILES string of the molecule is NC(=O)CCN(CCC(N)=O)S(=O)(=O)c1cccc(Nc2nc(Cl)nc(Cl)n2)c1. The van der Waals surface area contributed by atoms with E-state index in [0.29, 0.717) is 5.69 Å². The lowest BCUT2D eigenvalue weighted by Gasteiger charge is -2.21. The van der Waals surface area contributed by atoms with Crippen LogP contribution in [0.5, 0.6) is 0 Å². The third kappa shape index (κ3) is 6.78. The number of halogens is 2. The van der Waals surface area contributed by atoms with Crippen LogP contribution in [-0.4, -0.2) is 52.6 Å². The van der Waals surface area contributed by atoms with Crippen molar-refractivity contribution in [1.29, 1.82) is 0 Å². The lowest BCUT2D eigenvalue weighted by molar-refractivity contribution is -0.118. The predicted octanol–water partition coefficient (Wildman–Crippen LogP) is 0.663. The van der Waals surface area contributed by atoms with E-state index in [2.05, 4.69) is 20.3 Å². The van der Waals surface area contributed by atoms with Crippen LogP contribution in [0.3, 0.4) is 0 Å². The number of nitrogens with two attached hydrogens (primary N) is 2. The second kappa shape index (κ2) is 9.78. The second-order valence-corrected chi connectivity index (χ2v) is 8.30.